The van der Waals surface area contributed by atoms with Crippen molar-refractivity contribution in [2.24, 2.45) is 0 Å². The lowest BCUT2D eigenvalue weighted by molar-refractivity contribution is 0.306. The van der Waals surface area contributed by atoms with Crippen LogP contribution in [0.2, 0.25) is 0 Å². The van der Waals surface area contributed by atoms with Gasteiger partial charge < -0.3 is 19.2 Å². The maximum Gasteiger partial charge on any atom is 0.526 e. The van der Waals surface area contributed by atoms with Gasteiger partial charge >= 0.3 is 7.12 Å². The molecule has 1 heterocycles. The summed E-state index contributed by atoms with van der Waals surface area (Å²) in [5.74, 6) is 0.538. The molecule has 2 N–H and O–H groups in total. The molecule has 4 nitrogen and oxygen atoms in total. The molecule has 5 heteroatoms. The Hall–Kier alpha value is -0.935. The molecule has 0 aromatic carbocycles. The van der Waals surface area contributed by atoms with Gasteiger partial charge in [-0.25, -0.2) is 0 Å². The van der Waals surface area contributed by atoms with Crippen molar-refractivity contribution in [3.63, 3.8) is 0 Å². The van der Waals surface area contributed by atoms with E-state index in [4.69, 9.17) is 19.2 Å². The fraction of sp³-hybridized carbons (Fsp3) is 0.500. The fourth-order valence-electron chi connectivity index (χ4n) is 0.880. The molecule has 0 bridgehead atoms. The Kier molecular flexibility index (Phi) is 3.86. The van der Waals surface area contributed by atoms with Crippen LogP contribution in [0.25, 0.3) is 0 Å². The van der Waals surface area contributed by atoms with Gasteiger partial charge in [-0.15, -0.1) is 0 Å². The summed E-state index contributed by atoms with van der Waals surface area (Å²) in [7, 11) is -1.57. The first-order valence-corrected chi connectivity index (χ1v) is 4.31. The van der Waals surface area contributed by atoms with Gasteiger partial charge in [0.05, 0.1) is 6.61 Å². The second kappa shape index (κ2) is 4.94. The molecule has 0 spiro atoms. The van der Waals surface area contributed by atoms with Crippen molar-refractivity contribution in [3.8, 4) is 5.75 Å². The molecule has 0 atom stereocenters. The van der Waals surface area contributed by atoms with E-state index < -0.39 is 7.12 Å². The number of hydrogen-bond donors (Lipinski definition) is 2. The van der Waals surface area contributed by atoms with Crippen molar-refractivity contribution < 1.29 is 19.2 Å². The van der Waals surface area contributed by atoms with Crippen LogP contribution in [0.15, 0.2) is 16.7 Å². The van der Waals surface area contributed by atoms with E-state index >= 15 is 0 Å². The minimum atomic E-state index is -1.57. The predicted molar refractivity (Wildman–Crippen MR) is 48.9 cm³/mol. The summed E-state index contributed by atoms with van der Waals surface area (Å²) in [6.07, 6.45) is 3.40. The normalized spacial score (nSPS) is 10.1. The van der Waals surface area contributed by atoms with E-state index in [1.165, 1.54) is 12.3 Å². The monoisotopic (exact) mass is 184 g/mol. The molecule has 0 radical (unpaired) electrons. The van der Waals surface area contributed by atoms with Gasteiger partial charge in [-0.05, 0) is 6.42 Å². The lowest BCUT2D eigenvalue weighted by Crippen LogP contribution is -2.27. The van der Waals surface area contributed by atoms with Gasteiger partial charge in [0, 0.05) is 6.07 Å². The Morgan fingerprint density at radius 2 is 2.31 bits per heavy atom. The van der Waals surface area contributed by atoms with Crippen molar-refractivity contribution in [1.82, 2.24) is 0 Å². The first-order valence-electron chi connectivity index (χ1n) is 4.31. The molecule has 0 unspecified atom stereocenters. The van der Waals surface area contributed by atoms with Crippen LogP contribution in [-0.2, 0) is 0 Å². The molecule has 0 aliphatic heterocycles. The average molecular weight is 184 g/mol. The van der Waals surface area contributed by atoms with E-state index in [2.05, 4.69) is 6.92 Å². The van der Waals surface area contributed by atoms with Crippen molar-refractivity contribution in [2.75, 3.05) is 6.61 Å². The molecule has 0 aliphatic carbocycles. The first kappa shape index (κ1) is 10.1. The molecule has 0 saturated heterocycles. The SMILES string of the molecule is CCCCOc1coc(B(O)O)c1. The zero-order valence-electron chi connectivity index (χ0n) is 7.56. The molecule has 72 valence electrons. The molecule has 0 aliphatic rings. The standard InChI is InChI=1S/C8H13BO4/c1-2-3-4-12-7-5-8(9(10)11)13-6-7/h5-6,10-11H,2-4H2,1H3. The number of furan rings is 1. The van der Waals surface area contributed by atoms with Gasteiger partial charge in [-0.2, -0.15) is 0 Å². The lowest BCUT2D eigenvalue weighted by Gasteiger charge is -1.99. The molecule has 1 rings (SSSR count). The third kappa shape index (κ3) is 3.12. The average Bonchev–Trinajstić information content (AvgIpc) is 2.53. The highest BCUT2D eigenvalue weighted by Gasteiger charge is 2.16. The van der Waals surface area contributed by atoms with Crippen LogP contribution < -0.4 is 10.4 Å². The van der Waals surface area contributed by atoms with E-state index in [-0.39, 0.29) is 5.66 Å². The second-order valence-electron chi connectivity index (χ2n) is 2.76. The van der Waals surface area contributed by atoms with E-state index in [9.17, 15) is 0 Å². The van der Waals surface area contributed by atoms with Crippen LogP contribution in [0.5, 0.6) is 5.75 Å². The quantitative estimate of drug-likeness (QED) is 0.504. The Labute approximate surface area is 77.3 Å². The Balaban J connectivity index is 2.40. The molecular formula is C8H13BO4. The van der Waals surface area contributed by atoms with E-state index in [0.29, 0.717) is 12.4 Å². The lowest BCUT2D eigenvalue weighted by atomic mass is 9.88. The summed E-state index contributed by atoms with van der Waals surface area (Å²) in [4.78, 5) is 0. The zero-order valence-corrected chi connectivity index (χ0v) is 7.56. The molecule has 1 aromatic rings. The van der Waals surface area contributed by atoms with Crippen LogP contribution in [0.3, 0.4) is 0 Å². The van der Waals surface area contributed by atoms with E-state index in [1.807, 2.05) is 0 Å². The van der Waals surface area contributed by atoms with E-state index in [0.717, 1.165) is 12.8 Å². The summed E-state index contributed by atoms with van der Waals surface area (Å²) < 4.78 is 10.1. The van der Waals surface area contributed by atoms with Crippen molar-refractivity contribution >= 4 is 12.8 Å². The van der Waals surface area contributed by atoms with Crippen LogP contribution in [0.4, 0.5) is 0 Å². The summed E-state index contributed by atoms with van der Waals surface area (Å²) in [6.45, 7) is 2.69. The Bertz CT molecular complexity index is 246. The fourth-order valence-corrected chi connectivity index (χ4v) is 0.880. The smallest absolute Gasteiger partial charge is 0.490 e. The summed E-state index contributed by atoms with van der Waals surface area (Å²) in [5, 5.41) is 17.4. The van der Waals surface area contributed by atoms with Gasteiger partial charge in [0.1, 0.15) is 11.9 Å². The Morgan fingerprint density at radius 3 is 2.85 bits per heavy atom. The maximum atomic E-state index is 8.71. The first-order chi connectivity index (χ1) is 6.24. The second-order valence-corrected chi connectivity index (χ2v) is 2.76. The third-order valence-electron chi connectivity index (χ3n) is 1.62. The van der Waals surface area contributed by atoms with Crippen LogP contribution in [0.1, 0.15) is 19.8 Å². The molecule has 13 heavy (non-hydrogen) atoms. The van der Waals surface area contributed by atoms with Gasteiger partial charge in [-0.1, -0.05) is 13.3 Å². The maximum absolute atomic E-state index is 8.71. The highest BCUT2D eigenvalue weighted by Crippen LogP contribution is 2.09. The van der Waals surface area contributed by atoms with Crippen molar-refractivity contribution in [2.45, 2.75) is 19.8 Å². The van der Waals surface area contributed by atoms with Gasteiger partial charge in [0.15, 0.2) is 5.75 Å². The van der Waals surface area contributed by atoms with Crippen LogP contribution in [0, 0.1) is 0 Å². The largest absolute Gasteiger partial charge is 0.526 e. The van der Waals surface area contributed by atoms with Crippen LogP contribution in [-0.4, -0.2) is 23.8 Å². The molecule has 0 saturated carbocycles. The zero-order chi connectivity index (χ0) is 9.68. The topological polar surface area (TPSA) is 62.8 Å². The van der Waals surface area contributed by atoms with Gasteiger partial charge in [-0.3, -0.25) is 0 Å². The van der Waals surface area contributed by atoms with Gasteiger partial charge in [0.25, 0.3) is 0 Å². The van der Waals surface area contributed by atoms with Gasteiger partial charge in [0.2, 0.25) is 0 Å². The minimum absolute atomic E-state index is 0.103. The number of hydrogen-bond acceptors (Lipinski definition) is 4. The Morgan fingerprint density at radius 1 is 1.54 bits per heavy atom. The predicted octanol–water partition coefficient (Wildman–Crippen LogP) is 0.138. The molecular weight excluding hydrogens is 171 g/mol. The van der Waals surface area contributed by atoms with Crippen molar-refractivity contribution in [1.29, 1.82) is 0 Å². The minimum Gasteiger partial charge on any atom is -0.490 e. The molecule has 0 amide bonds. The molecule has 0 fully saturated rings. The molecule has 1 aromatic heterocycles. The summed E-state index contributed by atoms with van der Waals surface area (Å²) in [6, 6.07) is 1.47. The summed E-state index contributed by atoms with van der Waals surface area (Å²) >= 11 is 0. The highest BCUT2D eigenvalue weighted by molar-refractivity contribution is 6.57. The number of unbranched alkanes of at least 4 members (excludes halogenated alkanes) is 1. The van der Waals surface area contributed by atoms with Crippen molar-refractivity contribution in [3.05, 3.63) is 12.3 Å². The summed E-state index contributed by atoms with van der Waals surface area (Å²) in [5.41, 5.74) is 0.103. The highest BCUT2D eigenvalue weighted by atomic mass is 16.5. The third-order valence-corrected chi connectivity index (χ3v) is 1.62. The van der Waals surface area contributed by atoms with Crippen LogP contribution >= 0.6 is 0 Å². The number of rotatable bonds is 5. The number of ether oxygens (including phenoxy) is 1. The van der Waals surface area contributed by atoms with E-state index in [1.54, 1.807) is 0 Å².